The maximum Gasteiger partial charge on any atom is 0.258 e. The molecule has 0 bridgehead atoms. The first-order chi connectivity index (χ1) is 9.51. The molecule has 1 heterocycles. The van der Waals surface area contributed by atoms with E-state index in [1.54, 1.807) is 25.3 Å². The lowest BCUT2D eigenvalue weighted by atomic mass is 10.2. The monoisotopic (exact) mass is 311 g/mol. The Morgan fingerprint density at radius 3 is 2.65 bits per heavy atom. The van der Waals surface area contributed by atoms with Gasteiger partial charge < -0.3 is 10.1 Å². The third-order valence-corrected chi connectivity index (χ3v) is 3.08. The Hall–Kier alpha value is -1.85. The van der Waals surface area contributed by atoms with Crippen molar-refractivity contribution in [2.75, 3.05) is 12.4 Å². The maximum absolute atomic E-state index is 12.1. The van der Waals surface area contributed by atoms with Crippen molar-refractivity contribution in [2.45, 2.75) is 6.92 Å². The van der Waals surface area contributed by atoms with Crippen molar-refractivity contribution in [3.63, 3.8) is 0 Å². The van der Waals surface area contributed by atoms with Crippen LogP contribution in [0.4, 0.5) is 5.69 Å². The van der Waals surface area contributed by atoms with Gasteiger partial charge in [0.2, 0.25) is 0 Å². The highest BCUT2D eigenvalue weighted by molar-refractivity contribution is 6.34. The third kappa shape index (κ3) is 3.18. The molecule has 7 heteroatoms. The predicted molar refractivity (Wildman–Crippen MR) is 77.7 cm³/mol. The summed E-state index contributed by atoms with van der Waals surface area (Å²) in [4.78, 5) is 12.1. The van der Waals surface area contributed by atoms with E-state index in [9.17, 15) is 4.79 Å². The van der Waals surface area contributed by atoms with Crippen molar-refractivity contribution in [3.05, 3.63) is 45.7 Å². The number of methoxy groups -OCH3 is 1. The zero-order valence-electron chi connectivity index (χ0n) is 10.8. The van der Waals surface area contributed by atoms with E-state index in [1.807, 2.05) is 6.92 Å². The van der Waals surface area contributed by atoms with Crippen LogP contribution in [0, 0.1) is 6.92 Å². The highest BCUT2D eigenvalue weighted by Crippen LogP contribution is 2.23. The van der Waals surface area contributed by atoms with Gasteiger partial charge in [0.05, 0.1) is 12.7 Å². The minimum atomic E-state index is -0.406. The number of rotatable bonds is 3. The van der Waals surface area contributed by atoms with Crippen LogP contribution in [0.15, 0.2) is 24.3 Å². The van der Waals surface area contributed by atoms with E-state index in [-0.39, 0.29) is 15.9 Å². The van der Waals surface area contributed by atoms with Gasteiger partial charge in [-0.25, -0.2) is 0 Å². The molecule has 2 rings (SSSR count). The van der Waals surface area contributed by atoms with Gasteiger partial charge in [-0.3, -0.25) is 4.79 Å². The number of benzene rings is 1. The fourth-order valence-corrected chi connectivity index (χ4v) is 1.99. The van der Waals surface area contributed by atoms with Crippen LogP contribution in [0.1, 0.15) is 15.9 Å². The SMILES string of the molecule is COc1ccc(NC(=O)c2cc(Cl)nnc2Cl)cc1C. The average Bonchev–Trinajstić information content (AvgIpc) is 2.41. The lowest BCUT2D eigenvalue weighted by Crippen LogP contribution is -2.13. The van der Waals surface area contributed by atoms with Gasteiger partial charge >= 0.3 is 0 Å². The Labute approximate surface area is 125 Å². The summed E-state index contributed by atoms with van der Waals surface area (Å²) < 4.78 is 5.15. The van der Waals surface area contributed by atoms with Gasteiger partial charge in [0.15, 0.2) is 10.3 Å². The molecule has 0 aliphatic rings. The quantitative estimate of drug-likeness (QED) is 0.944. The van der Waals surface area contributed by atoms with Crippen LogP contribution in [0.25, 0.3) is 0 Å². The number of nitrogens with one attached hydrogen (secondary N) is 1. The number of anilines is 1. The van der Waals surface area contributed by atoms with Crippen molar-refractivity contribution in [2.24, 2.45) is 0 Å². The van der Waals surface area contributed by atoms with Crippen LogP contribution in [0.5, 0.6) is 5.75 Å². The third-order valence-electron chi connectivity index (χ3n) is 2.62. The molecule has 104 valence electrons. The number of carbonyl (C=O) groups is 1. The van der Waals surface area contributed by atoms with E-state index in [2.05, 4.69) is 15.5 Å². The molecule has 0 saturated carbocycles. The maximum atomic E-state index is 12.1. The summed E-state index contributed by atoms with van der Waals surface area (Å²) in [6, 6.07) is 6.65. The Bertz CT molecular complexity index is 662. The molecule has 0 atom stereocenters. The van der Waals surface area contributed by atoms with Gasteiger partial charge in [0.25, 0.3) is 5.91 Å². The molecule has 20 heavy (non-hydrogen) atoms. The second kappa shape index (κ2) is 6.07. The fourth-order valence-electron chi connectivity index (χ4n) is 1.67. The molecule has 0 spiro atoms. The topological polar surface area (TPSA) is 64.1 Å². The van der Waals surface area contributed by atoms with Crippen LogP contribution in [-0.2, 0) is 0 Å². The van der Waals surface area contributed by atoms with Gasteiger partial charge in [-0.1, -0.05) is 23.2 Å². The zero-order valence-corrected chi connectivity index (χ0v) is 12.3. The number of hydrogen-bond donors (Lipinski definition) is 1. The summed E-state index contributed by atoms with van der Waals surface area (Å²) in [6.45, 7) is 1.88. The standard InChI is InChI=1S/C13H11Cl2N3O2/c1-7-5-8(3-4-10(7)20-2)16-13(19)9-6-11(14)17-18-12(9)15/h3-6H,1-2H3,(H,16,19). The first-order valence-electron chi connectivity index (χ1n) is 5.66. The van der Waals surface area contributed by atoms with Crippen molar-refractivity contribution in [1.82, 2.24) is 10.2 Å². The van der Waals surface area contributed by atoms with Gasteiger partial charge in [-0.05, 0) is 36.8 Å². The molecular formula is C13H11Cl2N3O2. The van der Waals surface area contributed by atoms with Crippen LogP contribution in [0.2, 0.25) is 10.3 Å². The summed E-state index contributed by atoms with van der Waals surface area (Å²) in [5.74, 6) is 0.339. The molecular weight excluding hydrogens is 301 g/mol. The summed E-state index contributed by atoms with van der Waals surface area (Å²) in [5, 5.41) is 9.95. The number of amides is 1. The molecule has 1 aromatic carbocycles. The Morgan fingerprint density at radius 2 is 2.00 bits per heavy atom. The first-order valence-corrected chi connectivity index (χ1v) is 6.41. The number of halogens is 2. The molecule has 0 unspecified atom stereocenters. The van der Waals surface area contributed by atoms with E-state index in [0.717, 1.165) is 11.3 Å². The van der Waals surface area contributed by atoms with Crippen molar-refractivity contribution >= 4 is 34.8 Å². The van der Waals surface area contributed by atoms with E-state index >= 15 is 0 Å². The highest BCUT2D eigenvalue weighted by Gasteiger charge is 2.13. The van der Waals surface area contributed by atoms with Gasteiger partial charge in [0, 0.05) is 5.69 Å². The smallest absolute Gasteiger partial charge is 0.258 e. The van der Waals surface area contributed by atoms with Crippen LogP contribution in [0.3, 0.4) is 0 Å². The van der Waals surface area contributed by atoms with Crippen LogP contribution >= 0.6 is 23.2 Å². The predicted octanol–water partition coefficient (Wildman–Crippen LogP) is 3.35. The van der Waals surface area contributed by atoms with Crippen molar-refractivity contribution < 1.29 is 9.53 Å². The molecule has 1 amide bonds. The molecule has 2 aromatic rings. The number of hydrogen-bond acceptors (Lipinski definition) is 4. The van der Waals surface area contributed by atoms with Gasteiger partial charge in [-0.15, -0.1) is 10.2 Å². The van der Waals surface area contributed by atoms with E-state index in [1.165, 1.54) is 6.07 Å². The lowest BCUT2D eigenvalue weighted by Gasteiger charge is -2.09. The molecule has 0 fully saturated rings. The minimum absolute atomic E-state index is 0.00265. The molecule has 0 aliphatic carbocycles. The number of nitrogens with zero attached hydrogens (tertiary/aromatic N) is 2. The van der Waals surface area contributed by atoms with E-state index in [4.69, 9.17) is 27.9 Å². The molecule has 0 aliphatic heterocycles. The number of ether oxygens (including phenoxy) is 1. The zero-order chi connectivity index (χ0) is 14.7. The minimum Gasteiger partial charge on any atom is -0.496 e. The van der Waals surface area contributed by atoms with E-state index in [0.29, 0.717) is 5.69 Å². The van der Waals surface area contributed by atoms with E-state index < -0.39 is 5.91 Å². The average molecular weight is 312 g/mol. The van der Waals surface area contributed by atoms with Crippen LogP contribution < -0.4 is 10.1 Å². The Morgan fingerprint density at radius 1 is 1.25 bits per heavy atom. The second-order valence-electron chi connectivity index (χ2n) is 4.01. The first kappa shape index (κ1) is 14.6. The van der Waals surface area contributed by atoms with Crippen molar-refractivity contribution in [3.8, 4) is 5.75 Å². The summed E-state index contributed by atoms with van der Waals surface area (Å²) in [5.41, 5.74) is 1.69. The lowest BCUT2D eigenvalue weighted by molar-refractivity contribution is 0.102. The molecule has 0 saturated heterocycles. The number of carbonyl (C=O) groups excluding carboxylic acids is 1. The number of aryl methyl sites for hydroxylation is 1. The Balaban J connectivity index is 2.23. The fraction of sp³-hybridized carbons (Fsp3) is 0.154. The summed E-state index contributed by atoms with van der Waals surface area (Å²) in [7, 11) is 1.59. The molecule has 0 radical (unpaired) electrons. The van der Waals surface area contributed by atoms with Gasteiger partial charge in [0.1, 0.15) is 5.75 Å². The van der Waals surface area contributed by atoms with Crippen molar-refractivity contribution in [1.29, 1.82) is 0 Å². The Kier molecular flexibility index (Phi) is 4.42. The second-order valence-corrected chi connectivity index (χ2v) is 4.76. The van der Waals surface area contributed by atoms with Crippen LogP contribution in [-0.4, -0.2) is 23.2 Å². The van der Waals surface area contributed by atoms with Gasteiger partial charge in [-0.2, -0.15) is 0 Å². The summed E-state index contributed by atoms with van der Waals surface area (Å²) >= 11 is 11.5. The molecule has 1 aromatic heterocycles. The molecule has 5 nitrogen and oxygen atoms in total. The number of aromatic nitrogens is 2. The normalized spacial score (nSPS) is 10.2. The summed E-state index contributed by atoms with van der Waals surface area (Å²) in [6.07, 6.45) is 0. The highest BCUT2D eigenvalue weighted by atomic mass is 35.5. The molecule has 1 N–H and O–H groups in total. The largest absolute Gasteiger partial charge is 0.496 e.